The van der Waals surface area contributed by atoms with Gasteiger partial charge < -0.3 is 9.47 Å². The number of thioether (sulfide) groups is 1. The van der Waals surface area contributed by atoms with Crippen LogP contribution in [0.5, 0.6) is 11.5 Å². The predicted molar refractivity (Wildman–Crippen MR) is 153 cm³/mol. The first-order valence-corrected chi connectivity index (χ1v) is 14.2. The Bertz CT molecular complexity index is 1010. The molecule has 0 fully saturated rings. The summed E-state index contributed by atoms with van der Waals surface area (Å²) in [6.07, 6.45) is 10.2. The number of para-hydroxylation sites is 2. The fourth-order valence-electron chi connectivity index (χ4n) is 3.77. The molecule has 0 amide bonds. The van der Waals surface area contributed by atoms with Crippen LogP contribution in [0.25, 0.3) is 0 Å². The lowest BCUT2D eigenvalue weighted by molar-refractivity contribution is -0.132. The van der Waals surface area contributed by atoms with E-state index in [0.29, 0.717) is 11.5 Å². The van der Waals surface area contributed by atoms with Crippen molar-refractivity contribution in [2.45, 2.75) is 78.1 Å². The summed E-state index contributed by atoms with van der Waals surface area (Å²) in [5, 5.41) is 0. The second-order valence-electron chi connectivity index (χ2n) is 8.72. The van der Waals surface area contributed by atoms with Crippen LogP contribution in [0.3, 0.4) is 0 Å². The van der Waals surface area contributed by atoms with Gasteiger partial charge in [0.2, 0.25) is 0 Å². The van der Waals surface area contributed by atoms with Crippen molar-refractivity contribution in [1.82, 2.24) is 0 Å². The minimum Gasteiger partial charge on any atom is -0.426 e. The quantitative estimate of drug-likeness (QED) is 0.115. The third kappa shape index (κ3) is 14.2. The third-order valence-electron chi connectivity index (χ3n) is 5.55. The number of hydrogen-bond acceptors (Lipinski definition) is 5. The van der Waals surface area contributed by atoms with E-state index in [0.717, 1.165) is 86.8 Å². The minimum atomic E-state index is -0.278. The second-order valence-corrected chi connectivity index (χ2v) is 9.71. The molecule has 196 valence electrons. The molecule has 2 rings (SSSR count). The molecule has 0 aliphatic rings. The Labute approximate surface area is 226 Å². The van der Waals surface area contributed by atoms with Gasteiger partial charge in [-0.1, -0.05) is 61.1 Å². The average molecular weight is 519 g/mol. The molecule has 0 heterocycles. The summed E-state index contributed by atoms with van der Waals surface area (Å²) in [4.78, 5) is 22.4. The first-order valence-electron chi connectivity index (χ1n) is 13.1. The fourth-order valence-corrected chi connectivity index (χ4v) is 4.28. The summed E-state index contributed by atoms with van der Waals surface area (Å²) in [5.74, 6) is 15.4. The Morgan fingerprint density at radius 2 is 1.05 bits per heavy atom. The predicted octanol–water partition coefficient (Wildman–Crippen LogP) is 7.18. The van der Waals surface area contributed by atoms with Gasteiger partial charge in [0, 0.05) is 26.7 Å². The van der Waals surface area contributed by atoms with Crippen molar-refractivity contribution in [1.29, 1.82) is 0 Å². The molecular weight excluding hydrogens is 480 g/mol. The Hall–Kier alpha value is -3.15. The van der Waals surface area contributed by atoms with Gasteiger partial charge in [0.15, 0.2) is 0 Å². The largest absolute Gasteiger partial charge is 0.426 e. The molecule has 0 saturated carbocycles. The fraction of sp³-hybridized carbons (Fsp3) is 0.438. The number of carbonyl (C=O) groups excluding carboxylic acids is 2. The third-order valence-corrected chi connectivity index (χ3v) is 6.24. The number of unbranched alkanes of at least 4 members (excludes halogenated alkanes) is 6. The summed E-state index contributed by atoms with van der Waals surface area (Å²) in [7, 11) is 0. The molecule has 37 heavy (non-hydrogen) atoms. The molecule has 0 bridgehead atoms. The number of carbonyl (C=O) groups is 2. The van der Waals surface area contributed by atoms with Gasteiger partial charge in [-0.3, -0.25) is 9.59 Å². The van der Waals surface area contributed by atoms with Crippen molar-refractivity contribution in [3.8, 4) is 35.2 Å². The normalized spacial score (nSPS) is 10.0. The van der Waals surface area contributed by atoms with E-state index < -0.39 is 0 Å². The zero-order valence-electron chi connectivity index (χ0n) is 22.1. The lowest BCUT2D eigenvalue weighted by Gasteiger charge is -2.08. The molecule has 0 aromatic heterocycles. The van der Waals surface area contributed by atoms with Crippen LogP contribution >= 0.6 is 11.8 Å². The van der Waals surface area contributed by atoms with E-state index in [-0.39, 0.29) is 11.9 Å². The lowest BCUT2D eigenvalue weighted by atomic mass is 10.1. The summed E-state index contributed by atoms with van der Waals surface area (Å²) < 4.78 is 10.5. The van der Waals surface area contributed by atoms with Gasteiger partial charge in [-0.2, -0.15) is 0 Å². The SMILES string of the molecule is CC(=O)Oc1ccccc1CCCCCC#CCSCC#CCCCCCc1ccccc1OC(C)=O. The number of ether oxygens (including phenoxy) is 2. The summed E-state index contributed by atoms with van der Waals surface area (Å²) in [5.41, 5.74) is 2.17. The molecule has 2 aromatic carbocycles. The number of aryl methyl sites for hydroxylation is 2. The van der Waals surface area contributed by atoms with Crippen molar-refractivity contribution in [3.63, 3.8) is 0 Å². The average Bonchev–Trinajstić information content (AvgIpc) is 2.87. The van der Waals surface area contributed by atoms with Gasteiger partial charge >= 0.3 is 11.9 Å². The van der Waals surface area contributed by atoms with Gasteiger partial charge in [-0.25, -0.2) is 0 Å². The van der Waals surface area contributed by atoms with Crippen LogP contribution in [0.1, 0.15) is 76.3 Å². The molecule has 0 aliphatic heterocycles. The van der Waals surface area contributed by atoms with E-state index in [4.69, 9.17) is 9.47 Å². The maximum atomic E-state index is 11.2. The summed E-state index contributed by atoms with van der Waals surface area (Å²) in [6.45, 7) is 2.86. The van der Waals surface area contributed by atoms with Gasteiger partial charge in [0.1, 0.15) is 11.5 Å². The molecule has 2 aromatic rings. The highest BCUT2D eigenvalue weighted by molar-refractivity contribution is 7.99. The van der Waals surface area contributed by atoms with Gasteiger partial charge in [0.05, 0.1) is 11.5 Å². The lowest BCUT2D eigenvalue weighted by Crippen LogP contribution is -2.03. The van der Waals surface area contributed by atoms with Crippen molar-refractivity contribution >= 4 is 23.7 Å². The van der Waals surface area contributed by atoms with Crippen molar-refractivity contribution in [3.05, 3.63) is 59.7 Å². The van der Waals surface area contributed by atoms with E-state index in [2.05, 4.69) is 23.7 Å². The molecule has 5 heteroatoms. The molecular formula is C32H38O4S. The first kappa shape index (κ1) is 30.1. The Kier molecular flexibility index (Phi) is 15.5. The molecule has 4 nitrogen and oxygen atoms in total. The van der Waals surface area contributed by atoms with Crippen LogP contribution in [0.4, 0.5) is 0 Å². The van der Waals surface area contributed by atoms with Crippen molar-refractivity contribution < 1.29 is 19.1 Å². The molecule has 0 aliphatic carbocycles. The monoisotopic (exact) mass is 518 g/mol. The van der Waals surface area contributed by atoms with Crippen LogP contribution in [-0.4, -0.2) is 23.4 Å². The van der Waals surface area contributed by atoms with E-state index in [1.165, 1.54) is 13.8 Å². The maximum absolute atomic E-state index is 11.2. The summed E-state index contributed by atoms with van der Waals surface area (Å²) >= 11 is 1.77. The molecule has 0 spiro atoms. The Morgan fingerprint density at radius 1 is 0.622 bits per heavy atom. The van der Waals surface area contributed by atoms with Gasteiger partial charge in [0.25, 0.3) is 0 Å². The molecule has 0 radical (unpaired) electrons. The van der Waals surface area contributed by atoms with Crippen LogP contribution in [-0.2, 0) is 22.4 Å². The first-order chi connectivity index (χ1) is 18.1. The Morgan fingerprint density at radius 3 is 1.49 bits per heavy atom. The molecule has 0 N–H and O–H groups in total. The number of benzene rings is 2. The van der Waals surface area contributed by atoms with Crippen molar-refractivity contribution in [2.75, 3.05) is 11.5 Å². The van der Waals surface area contributed by atoms with Crippen LogP contribution < -0.4 is 9.47 Å². The zero-order valence-corrected chi connectivity index (χ0v) is 23.0. The van der Waals surface area contributed by atoms with Crippen LogP contribution in [0.15, 0.2) is 48.5 Å². The van der Waals surface area contributed by atoms with E-state index >= 15 is 0 Å². The van der Waals surface area contributed by atoms with Crippen LogP contribution in [0, 0.1) is 23.7 Å². The highest BCUT2D eigenvalue weighted by Crippen LogP contribution is 2.21. The minimum absolute atomic E-state index is 0.278. The van der Waals surface area contributed by atoms with E-state index in [1.807, 2.05) is 48.5 Å². The highest BCUT2D eigenvalue weighted by atomic mass is 32.2. The van der Waals surface area contributed by atoms with Gasteiger partial charge in [-0.15, -0.1) is 23.6 Å². The second kappa shape index (κ2) is 19.0. The molecule has 0 saturated heterocycles. The number of rotatable bonds is 14. The Balaban J connectivity index is 1.45. The standard InChI is InChI=1S/C32H38O4S/c1-27(33)35-31-23-15-13-21-29(31)19-11-7-3-5-9-17-25-37-26-18-10-6-4-8-12-20-30-22-14-16-24-32(30)36-28(2)34/h13-16,21-24H,3-8,11-12,19-20,25-26H2,1-2H3. The molecule has 0 unspecified atom stereocenters. The van der Waals surface area contributed by atoms with E-state index in [1.54, 1.807) is 11.8 Å². The number of esters is 2. The van der Waals surface area contributed by atoms with Crippen molar-refractivity contribution in [2.24, 2.45) is 0 Å². The highest BCUT2D eigenvalue weighted by Gasteiger charge is 2.06. The number of hydrogen-bond donors (Lipinski definition) is 0. The zero-order chi connectivity index (χ0) is 26.6. The van der Waals surface area contributed by atoms with Gasteiger partial charge in [-0.05, 0) is 61.8 Å². The summed E-state index contributed by atoms with van der Waals surface area (Å²) in [6, 6.07) is 15.5. The smallest absolute Gasteiger partial charge is 0.308 e. The molecule has 0 atom stereocenters. The maximum Gasteiger partial charge on any atom is 0.308 e. The topological polar surface area (TPSA) is 52.6 Å². The van der Waals surface area contributed by atoms with Crippen LogP contribution in [0.2, 0.25) is 0 Å². The van der Waals surface area contributed by atoms with E-state index in [9.17, 15) is 9.59 Å².